The van der Waals surface area contributed by atoms with Gasteiger partial charge in [-0.1, -0.05) is 18.2 Å². The van der Waals surface area contributed by atoms with Crippen LogP contribution in [0.4, 0.5) is 0 Å². The van der Waals surface area contributed by atoms with Crippen LogP contribution in [0.25, 0.3) is 0 Å². The number of amides is 1. The second-order valence-electron chi connectivity index (χ2n) is 7.40. The second-order valence-corrected chi connectivity index (χ2v) is 7.40. The maximum atomic E-state index is 12.5. The van der Waals surface area contributed by atoms with Gasteiger partial charge in [-0.05, 0) is 76.7 Å². The Balaban J connectivity index is 2.01. The minimum Gasteiger partial charge on any atom is -0.347 e. The third-order valence-corrected chi connectivity index (χ3v) is 4.93. The maximum Gasteiger partial charge on any atom is 0.220 e. The third-order valence-electron chi connectivity index (χ3n) is 4.93. The molecule has 1 aliphatic heterocycles. The van der Waals surface area contributed by atoms with Crippen molar-refractivity contribution in [1.82, 2.24) is 10.2 Å². The van der Waals surface area contributed by atoms with Crippen LogP contribution in [-0.4, -0.2) is 30.9 Å². The molecule has 2 rings (SSSR count). The van der Waals surface area contributed by atoms with Gasteiger partial charge >= 0.3 is 0 Å². The molecule has 122 valence electrons. The van der Waals surface area contributed by atoms with Gasteiger partial charge in [0.25, 0.3) is 0 Å². The molecule has 1 heterocycles. The van der Waals surface area contributed by atoms with Crippen molar-refractivity contribution in [3.63, 3.8) is 0 Å². The van der Waals surface area contributed by atoms with Gasteiger partial charge in [-0.3, -0.25) is 4.79 Å². The van der Waals surface area contributed by atoms with Gasteiger partial charge in [0.2, 0.25) is 5.91 Å². The molecule has 1 N–H and O–H groups in total. The van der Waals surface area contributed by atoms with E-state index in [1.54, 1.807) is 0 Å². The molecule has 3 heteroatoms. The summed E-state index contributed by atoms with van der Waals surface area (Å²) < 4.78 is 0. The summed E-state index contributed by atoms with van der Waals surface area (Å²) in [5, 5.41) is 3.25. The number of piperidine rings is 1. The number of likely N-dealkylation sites (tertiary alicyclic amines) is 1. The molecule has 22 heavy (non-hydrogen) atoms. The fourth-order valence-electron chi connectivity index (χ4n) is 3.60. The molecule has 1 aliphatic rings. The van der Waals surface area contributed by atoms with Crippen LogP contribution in [0, 0.1) is 19.8 Å². The van der Waals surface area contributed by atoms with Crippen molar-refractivity contribution in [3.05, 3.63) is 34.9 Å². The third kappa shape index (κ3) is 4.10. The van der Waals surface area contributed by atoms with E-state index < -0.39 is 0 Å². The highest BCUT2D eigenvalue weighted by Gasteiger charge is 2.27. The highest BCUT2D eigenvalue weighted by molar-refractivity contribution is 5.77. The number of nitrogens with zero attached hydrogens (tertiary/aromatic N) is 1. The number of nitrogens with one attached hydrogen (secondary N) is 1. The molecule has 0 unspecified atom stereocenters. The van der Waals surface area contributed by atoms with Crippen molar-refractivity contribution in [3.8, 4) is 0 Å². The number of aryl methyl sites for hydroxylation is 1. The van der Waals surface area contributed by atoms with E-state index in [2.05, 4.69) is 63.2 Å². The van der Waals surface area contributed by atoms with Gasteiger partial charge in [0, 0.05) is 13.0 Å². The summed E-state index contributed by atoms with van der Waals surface area (Å²) in [6.45, 7) is 10.6. The summed E-state index contributed by atoms with van der Waals surface area (Å²) >= 11 is 0. The predicted molar refractivity (Wildman–Crippen MR) is 91.9 cm³/mol. The van der Waals surface area contributed by atoms with E-state index in [4.69, 9.17) is 0 Å². The highest BCUT2D eigenvalue weighted by atomic mass is 16.1. The molecule has 1 aromatic carbocycles. The molecule has 1 amide bonds. The molecule has 0 aliphatic carbocycles. The summed E-state index contributed by atoms with van der Waals surface area (Å²) in [6, 6.07) is 6.31. The van der Waals surface area contributed by atoms with Gasteiger partial charge in [0.15, 0.2) is 0 Å². The van der Waals surface area contributed by atoms with Gasteiger partial charge in [-0.15, -0.1) is 0 Å². The van der Waals surface area contributed by atoms with Gasteiger partial charge in [-0.25, -0.2) is 0 Å². The first kappa shape index (κ1) is 17.0. The van der Waals surface area contributed by atoms with E-state index in [9.17, 15) is 4.79 Å². The number of benzene rings is 1. The molecule has 1 atom stereocenters. The van der Waals surface area contributed by atoms with Crippen LogP contribution in [0.15, 0.2) is 18.2 Å². The molecule has 0 aromatic heterocycles. The van der Waals surface area contributed by atoms with E-state index in [0.717, 1.165) is 13.1 Å². The van der Waals surface area contributed by atoms with Crippen molar-refractivity contribution >= 4 is 5.91 Å². The fraction of sp³-hybridized carbons (Fsp3) is 0.632. The Hall–Kier alpha value is -1.35. The zero-order valence-corrected chi connectivity index (χ0v) is 14.7. The Morgan fingerprint density at radius 1 is 1.36 bits per heavy atom. The van der Waals surface area contributed by atoms with Crippen LogP contribution in [0.5, 0.6) is 0 Å². The molecule has 3 nitrogen and oxygen atoms in total. The lowest BCUT2D eigenvalue weighted by atomic mass is 9.87. The van der Waals surface area contributed by atoms with Crippen LogP contribution in [0.2, 0.25) is 0 Å². The average molecular weight is 302 g/mol. The fourth-order valence-corrected chi connectivity index (χ4v) is 3.60. The Labute approximate surface area is 135 Å². The first-order valence-corrected chi connectivity index (χ1v) is 8.36. The van der Waals surface area contributed by atoms with Gasteiger partial charge in [0.05, 0.1) is 5.54 Å². The van der Waals surface area contributed by atoms with Gasteiger partial charge < -0.3 is 10.2 Å². The number of carbonyl (C=O) groups excluding carboxylic acids is 1. The molecular weight excluding hydrogens is 272 g/mol. The maximum absolute atomic E-state index is 12.5. The van der Waals surface area contributed by atoms with Crippen LogP contribution in [0.1, 0.15) is 49.8 Å². The molecule has 0 spiro atoms. The Morgan fingerprint density at radius 3 is 2.77 bits per heavy atom. The normalized spacial score (nSPS) is 20.0. The molecule has 1 aromatic rings. The van der Waals surface area contributed by atoms with Crippen molar-refractivity contribution < 1.29 is 4.79 Å². The van der Waals surface area contributed by atoms with Crippen molar-refractivity contribution in [2.75, 3.05) is 20.1 Å². The van der Waals surface area contributed by atoms with Crippen LogP contribution in [0.3, 0.4) is 0 Å². The topological polar surface area (TPSA) is 32.3 Å². The van der Waals surface area contributed by atoms with Crippen LogP contribution in [-0.2, 0) is 10.3 Å². The summed E-state index contributed by atoms with van der Waals surface area (Å²) in [5.41, 5.74) is 3.42. The van der Waals surface area contributed by atoms with Crippen LogP contribution >= 0.6 is 0 Å². The summed E-state index contributed by atoms with van der Waals surface area (Å²) in [4.78, 5) is 14.8. The quantitative estimate of drug-likeness (QED) is 0.924. The van der Waals surface area contributed by atoms with E-state index in [1.165, 1.54) is 29.5 Å². The lowest BCUT2D eigenvalue weighted by molar-refractivity contribution is -0.124. The molecular formula is C19H30N2O. The minimum absolute atomic E-state index is 0.172. The van der Waals surface area contributed by atoms with Gasteiger partial charge in [0.1, 0.15) is 0 Å². The summed E-state index contributed by atoms with van der Waals surface area (Å²) in [6.07, 6.45) is 3.01. The smallest absolute Gasteiger partial charge is 0.220 e. The Kier molecular flexibility index (Phi) is 5.28. The minimum atomic E-state index is -0.326. The number of carbonyl (C=O) groups is 1. The molecule has 0 saturated carbocycles. The molecule has 0 radical (unpaired) electrons. The molecule has 1 fully saturated rings. The summed E-state index contributed by atoms with van der Waals surface area (Å²) in [5.74, 6) is 0.666. The number of hydrogen-bond acceptors (Lipinski definition) is 2. The zero-order chi connectivity index (χ0) is 16.3. The van der Waals surface area contributed by atoms with Crippen LogP contribution < -0.4 is 5.32 Å². The standard InChI is InChI=1S/C19H30N2O/c1-14-8-6-10-17(15(14)2)19(3,4)20-18(22)12-16-9-7-11-21(5)13-16/h6,8,10,16H,7,9,11-13H2,1-5H3,(H,20,22)/t16-/m0/s1. The number of rotatable bonds is 4. The first-order valence-electron chi connectivity index (χ1n) is 8.36. The number of hydrogen-bond donors (Lipinski definition) is 1. The first-order chi connectivity index (χ1) is 10.3. The second kappa shape index (κ2) is 6.82. The van der Waals surface area contributed by atoms with E-state index in [-0.39, 0.29) is 11.4 Å². The summed E-state index contributed by atoms with van der Waals surface area (Å²) in [7, 11) is 2.14. The Morgan fingerprint density at radius 2 is 2.09 bits per heavy atom. The van der Waals surface area contributed by atoms with E-state index in [0.29, 0.717) is 12.3 Å². The average Bonchev–Trinajstić information content (AvgIpc) is 2.40. The largest absolute Gasteiger partial charge is 0.347 e. The SMILES string of the molecule is Cc1cccc(C(C)(C)NC(=O)C[C@@H]2CCCN(C)C2)c1C. The lowest BCUT2D eigenvalue weighted by Crippen LogP contribution is -2.43. The van der Waals surface area contributed by atoms with Crippen molar-refractivity contribution in [1.29, 1.82) is 0 Å². The zero-order valence-electron chi connectivity index (χ0n) is 14.7. The van der Waals surface area contributed by atoms with Gasteiger partial charge in [-0.2, -0.15) is 0 Å². The van der Waals surface area contributed by atoms with Crippen molar-refractivity contribution in [2.45, 2.75) is 52.5 Å². The molecule has 1 saturated heterocycles. The monoisotopic (exact) mass is 302 g/mol. The van der Waals surface area contributed by atoms with Crippen molar-refractivity contribution in [2.24, 2.45) is 5.92 Å². The highest BCUT2D eigenvalue weighted by Crippen LogP contribution is 2.26. The Bertz CT molecular complexity index is 536. The van der Waals surface area contributed by atoms with E-state index in [1.807, 2.05) is 0 Å². The predicted octanol–water partition coefficient (Wildman–Crippen LogP) is 3.39. The lowest BCUT2D eigenvalue weighted by Gasteiger charge is -2.32. The molecule has 0 bridgehead atoms. The van der Waals surface area contributed by atoms with E-state index >= 15 is 0 Å².